The third-order valence-corrected chi connectivity index (χ3v) is 8.05. The Bertz CT molecular complexity index is 780. The molecule has 2 aliphatic carbocycles. The number of carbonyl (C=O) groups excluding carboxylic acids is 2. The molecule has 4 fully saturated rings. The molecule has 164 valence electrons. The highest BCUT2D eigenvalue weighted by molar-refractivity contribution is 7.87. The van der Waals surface area contributed by atoms with E-state index in [-0.39, 0.29) is 13.0 Å². The van der Waals surface area contributed by atoms with Gasteiger partial charge in [0.1, 0.15) is 17.5 Å². The number of hydrogen-bond acceptors (Lipinski definition) is 8. The van der Waals surface area contributed by atoms with Crippen molar-refractivity contribution in [2.45, 2.75) is 49.3 Å². The van der Waals surface area contributed by atoms with Crippen LogP contribution in [-0.4, -0.2) is 75.1 Å². The van der Waals surface area contributed by atoms with E-state index in [4.69, 9.17) is 8.92 Å². The number of likely N-dealkylation sites (tertiary alicyclic amines) is 1. The first-order valence-corrected chi connectivity index (χ1v) is 11.1. The highest BCUT2D eigenvalue weighted by Gasteiger charge is 2.72. The summed E-state index contributed by atoms with van der Waals surface area (Å²) in [7, 11) is -4.16. The number of alkyl halides is 3. The summed E-state index contributed by atoms with van der Waals surface area (Å²) in [6.07, 6.45) is -3.35. The smallest absolute Gasteiger partial charge is 0.422 e. The van der Waals surface area contributed by atoms with Gasteiger partial charge in [0.2, 0.25) is 0 Å². The van der Waals surface area contributed by atoms with E-state index < -0.39 is 70.1 Å². The van der Waals surface area contributed by atoms with Crippen molar-refractivity contribution in [3.05, 3.63) is 0 Å². The zero-order valence-corrected chi connectivity index (χ0v) is 16.3. The lowest BCUT2D eigenvalue weighted by molar-refractivity contribution is -0.192. The quantitative estimate of drug-likeness (QED) is 0.458. The number of piperidine rings is 1. The van der Waals surface area contributed by atoms with Gasteiger partial charge in [-0.15, -0.1) is 0 Å². The van der Waals surface area contributed by atoms with E-state index in [0.29, 0.717) is 0 Å². The molecule has 0 aromatic carbocycles. The highest BCUT2D eigenvalue weighted by Crippen LogP contribution is 2.58. The molecule has 6 atom stereocenters. The van der Waals surface area contributed by atoms with E-state index in [9.17, 15) is 31.2 Å². The SMILES string of the molecule is O=C(CN1CCCCC1)OC1C2CC3C1OS(=O)(=O)C3C2C(=O)OCC(F)(F)F. The van der Waals surface area contributed by atoms with Gasteiger partial charge in [0.05, 0.1) is 12.5 Å². The number of esters is 2. The maximum Gasteiger partial charge on any atom is 0.422 e. The van der Waals surface area contributed by atoms with E-state index in [0.717, 1.165) is 32.4 Å². The number of rotatable bonds is 5. The minimum atomic E-state index is -4.72. The second-order valence-electron chi connectivity index (χ2n) is 8.12. The fraction of sp³-hybridized carbons (Fsp3) is 0.882. The second-order valence-corrected chi connectivity index (χ2v) is 9.84. The molecule has 0 aromatic rings. The average Bonchev–Trinajstić information content (AvgIpc) is 3.22. The van der Waals surface area contributed by atoms with Crippen molar-refractivity contribution in [1.82, 2.24) is 4.90 Å². The molecule has 29 heavy (non-hydrogen) atoms. The maximum atomic E-state index is 12.4. The molecule has 6 unspecified atom stereocenters. The van der Waals surface area contributed by atoms with E-state index >= 15 is 0 Å². The van der Waals surface area contributed by atoms with Crippen molar-refractivity contribution >= 4 is 22.1 Å². The second kappa shape index (κ2) is 7.38. The highest BCUT2D eigenvalue weighted by atomic mass is 32.2. The average molecular weight is 441 g/mol. The lowest BCUT2D eigenvalue weighted by Gasteiger charge is -2.31. The van der Waals surface area contributed by atoms with Crippen molar-refractivity contribution in [2.24, 2.45) is 17.8 Å². The van der Waals surface area contributed by atoms with Crippen LogP contribution in [0.3, 0.4) is 0 Å². The Morgan fingerprint density at radius 2 is 1.79 bits per heavy atom. The fourth-order valence-corrected chi connectivity index (χ4v) is 7.25. The van der Waals surface area contributed by atoms with Gasteiger partial charge in [-0.1, -0.05) is 6.42 Å². The molecule has 2 heterocycles. The first-order valence-electron chi connectivity index (χ1n) is 9.64. The predicted octanol–water partition coefficient (Wildman–Crippen LogP) is 0.853. The predicted molar refractivity (Wildman–Crippen MR) is 89.9 cm³/mol. The number of nitrogens with zero attached hydrogens (tertiary/aromatic N) is 1. The minimum absolute atomic E-state index is 0.0416. The van der Waals surface area contributed by atoms with Crippen molar-refractivity contribution in [1.29, 1.82) is 0 Å². The number of carbonyl (C=O) groups is 2. The third-order valence-electron chi connectivity index (χ3n) is 6.25. The maximum absolute atomic E-state index is 12.4. The van der Waals surface area contributed by atoms with Crippen molar-refractivity contribution in [2.75, 3.05) is 26.2 Å². The molecule has 2 saturated heterocycles. The Balaban J connectivity index is 1.47. The Kier molecular flexibility index (Phi) is 5.31. The minimum Gasteiger partial charge on any atom is -0.458 e. The number of ether oxygens (including phenoxy) is 2. The van der Waals surface area contributed by atoms with Gasteiger partial charge in [-0.2, -0.15) is 21.6 Å². The number of hydrogen-bond donors (Lipinski definition) is 0. The normalized spacial score (nSPS) is 38.2. The molecule has 12 heteroatoms. The lowest BCUT2D eigenvalue weighted by Crippen LogP contribution is -2.47. The molecule has 4 rings (SSSR count). The van der Waals surface area contributed by atoms with E-state index in [1.165, 1.54) is 0 Å². The van der Waals surface area contributed by atoms with Crippen LogP contribution in [0, 0.1) is 17.8 Å². The topological polar surface area (TPSA) is 99.2 Å². The van der Waals surface area contributed by atoms with Crippen molar-refractivity contribution in [3.8, 4) is 0 Å². The van der Waals surface area contributed by atoms with Crippen LogP contribution in [0.2, 0.25) is 0 Å². The fourth-order valence-electron chi connectivity index (χ4n) is 5.19. The molecule has 2 saturated carbocycles. The van der Waals surface area contributed by atoms with Gasteiger partial charge in [-0.25, -0.2) is 0 Å². The lowest BCUT2D eigenvalue weighted by atomic mass is 9.84. The van der Waals surface area contributed by atoms with Crippen LogP contribution in [-0.2, 0) is 33.4 Å². The molecule has 4 aliphatic rings. The van der Waals surface area contributed by atoms with Crippen molar-refractivity contribution in [3.63, 3.8) is 0 Å². The zero-order chi connectivity index (χ0) is 21.0. The summed E-state index contributed by atoms with van der Waals surface area (Å²) < 4.78 is 76.8. The van der Waals surface area contributed by atoms with E-state index in [2.05, 4.69) is 4.74 Å². The van der Waals surface area contributed by atoms with E-state index in [1.807, 2.05) is 4.90 Å². The van der Waals surface area contributed by atoms with Gasteiger partial charge < -0.3 is 9.47 Å². The van der Waals surface area contributed by atoms with Crippen molar-refractivity contribution < 1.29 is 44.8 Å². The summed E-state index contributed by atoms with van der Waals surface area (Å²) in [6, 6.07) is 0. The van der Waals surface area contributed by atoms with Gasteiger partial charge in [0.25, 0.3) is 10.1 Å². The molecule has 0 spiro atoms. The van der Waals surface area contributed by atoms with Crippen LogP contribution in [0.4, 0.5) is 13.2 Å². The molecule has 0 amide bonds. The Morgan fingerprint density at radius 3 is 2.45 bits per heavy atom. The summed E-state index contributed by atoms with van der Waals surface area (Å²) in [6.45, 7) is -0.237. The van der Waals surface area contributed by atoms with Gasteiger partial charge in [0.15, 0.2) is 6.61 Å². The summed E-state index contributed by atoms with van der Waals surface area (Å²) >= 11 is 0. The van der Waals surface area contributed by atoms with Gasteiger partial charge in [-0.3, -0.25) is 18.7 Å². The van der Waals surface area contributed by atoms with Crippen LogP contribution in [0.25, 0.3) is 0 Å². The Labute approximate surface area is 165 Å². The summed E-state index contributed by atoms with van der Waals surface area (Å²) in [5, 5.41) is -1.25. The molecule has 0 N–H and O–H groups in total. The Hall–Kier alpha value is -1.40. The number of fused-ring (bicyclic) bond motifs is 1. The summed E-state index contributed by atoms with van der Waals surface area (Å²) in [4.78, 5) is 26.6. The third kappa shape index (κ3) is 3.98. The number of halogens is 3. The summed E-state index contributed by atoms with van der Waals surface area (Å²) in [5.41, 5.74) is 0. The monoisotopic (exact) mass is 441 g/mol. The van der Waals surface area contributed by atoms with E-state index in [1.54, 1.807) is 0 Å². The molecule has 2 aliphatic heterocycles. The van der Waals surface area contributed by atoms with Gasteiger partial charge in [0, 0.05) is 11.8 Å². The van der Waals surface area contributed by atoms with Gasteiger partial charge >= 0.3 is 18.1 Å². The Morgan fingerprint density at radius 1 is 1.10 bits per heavy atom. The molecule has 0 aromatic heterocycles. The van der Waals surface area contributed by atoms with Crippen LogP contribution in [0.5, 0.6) is 0 Å². The van der Waals surface area contributed by atoms with Gasteiger partial charge in [-0.05, 0) is 32.4 Å². The largest absolute Gasteiger partial charge is 0.458 e. The molecular formula is C17H22F3NO7S. The zero-order valence-electron chi connectivity index (χ0n) is 15.5. The summed E-state index contributed by atoms with van der Waals surface area (Å²) in [5.74, 6) is -4.47. The molecule has 0 radical (unpaired) electrons. The van der Waals surface area contributed by atoms with Crippen LogP contribution >= 0.6 is 0 Å². The molecule has 8 nitrogen and oxygen atoms in total. The first-order chi connectivity index (χ1) is 13.6. The first kappa shape index (κ1) is 20.9. The molecule has 2 bridgehead atoms. The molecular weight excluding hydrogens is 419 g/mol. The van der Waals surface area contributed by atoms with Crippen LogP contribution in [0.1, 0.15) is 25.7 Å². The van der Waals surface area contributed by atoms with Crippen LogP contribution in [0.15, 0.2) is 0 Å². The standard InChI is InChI=1S/C17H22F3NO7S/c18-17(19,20)8-26-16(23)12-9-6-10-14(28-29(24,25)15(10)12)13(9)27-11(22)7-21-4-2-1-3-5-21/h9-10,12-15H,1-8H2. The van der Waals surface area contributed by atoms with Crippen LogP contribution < -0.4 is 0 Å².